The van der Waals surface area contributed by atoms with Crippen LogP contribution < -0.4 is 16.0 Å². The molecular formula is C16H15F2N3O2. The number of hydrogen-bond donors (Lipinski definition) is 3. The Balaban J connectivity index is 1.98. The molecule has 120 valence electrons. The fourth-order valence-electron chi connectivity index (χ4n) is 1.90. The minimum absolute atomic E-state index is 0.0759. The van der Waals surface area contributed by atoms with Crippen molar-refractivity contribution in [2.24, 2.45) is 0 Å². The molecule has 0 unspecified atom stereocenters. The Labute approximate surface area is 131 Å². The Morgan fingerprint density at radius 2 is 1.83 bits per heavy atom. The van der Waals surface area contributed by atoms with Gasteiger partial charge in [-0.2, -0.15) is 0 Å². The number of hydrogen-bond acceptors (Lipinski definition) is 2. The summed E-state index contributed by atoms with van der Waals surface area (Å²) in [5, 5.41) is 7.32. The second-order valence-corrected chi connectivity index (χ2v) is 4.81. The molecule has 0 fully saturated rings. The predicted molar refractivity (Wildman–Crippen MR) is 83.0 cm³/mol. The van der Waals surface area contributed by atoms with Crippen LogP contribution in [0.5, 0.6) is 0 Å². The van der Waals surface area contributed by atoms with Crippen LogP contribution in [0.3, 0.4) is 0 Å². The number of carbonyl (C=O) groups is 2. The Kier molecular flexibility index (Phi) is 5.24. The maximum absolute atomic E-state index is 13.7. The monoisotopic (exact) mass is 319 g/mol. The molecular weight excluding hydrogens is 304 g/mol. The van der Waals surface area contributed by atoms with Crippen LogP contribution in [0.2, 0.25) is 0 Å². The first-order valence-electron chi connectivity index (χ1n) is 6.80. The number of halogens is 2. The van der Waals surface area contributed by atoms with Crippen LogP contribution in [0.4, 0.5) is 25.0 Å². The molecule has 0 aliphatic carbocycles. The van der Waals surface area contributed by atoms with Crippen molar-refractivity contribution in [3.05, 3.63) is 59.7 Å². The summed E-state index contributed by atoms with van der Waals surface area (Å²) in [5.74, 6) is -1.35. The van der Waals surface area contributed by atoms with E-state index < -0.39 is 17.7 Å². The molecule has 5 nitrogen and oxygen atoms in total. The topological polar surface area (TPSA) is 70.2 Å². The average molecular weight is 319 g/mol. The number of benzene rings is 2. The van der Waals surface area contributed by atoms with E-state index in [0.29, 0.717) is 11.3 Å². The molecule has 2 aromatic carbocycles. The molecule has 0 bridgehead atoms. The summed E-state index contributed by atoms with van der Waals surface area (Å²) in [4.78, 5) is 22.8. The Morgan fingerprint density at radius 3 is 2.52 bits per heavy atom. The summed E-state index contributed by atoms with van der Waals surface area (Å²) in [7, 11) is 0. The average Bonchev–Trinajstić information content (AvgIpc) is 2.48. The molecule has 0 aliphatic heterocycles. The van der Waals surface area contributed by atoms with Gasteiger partial charge in [0.15, 0.2) is 0 Å². The molecule has 3 amide bonds. The van der Waals surface area contributed by atoms with E-state index in [4.69, 9.17) is 0 Å². The normalized spacial score (nSPS) is 10.0. The fraction of sp³-hybridized carbons (Fsp3) is 0.125. The number of carbonyl (C=O) groups excluding carboxylic acids is 2. The summed E-state index contributed by atoms with van der Waals surface area (Å²) in [6, 6.07) is 8.94. The lowest BCUT2D eigenvalue weighted by molar-refractivity contribution is -0.114. The van der Waals surface area contributed by atoms with Crippen molar-refractivity contribution in [3.63, 3.8) is 0 Å². The molecule has 0 spiro atoms. The third-order valence-corrected chi connectivity index (χ3v) is 2.88. The second kappa shape index (κ2) is 7.35. The van der Waals surface area contributed by atoms with E-state index in [1.807, 2.05) is 0 Å². The van der Waals surface area contributed by atoms with Gasteiger partial charge in [0.25, 0.3) is 0 Å². The maximum Gasteiger partial charge on any atom is 0.319 e. The SMILES string of the molecule is CC(=O)Nc1ccc(F)c(NC(=O)NCc2cccc(F)c2)c1. The van der Waals surface area contributed by atoms with Crippen LogP contribution in [0.25, 0.3) is 0 Å². The zero-order valence-electron chi connectivity index (χ0n) is 12.3. The van der Waals surface area contributed by atoms with Gasteiger partial charge in [-0.15, -0.1) is 0 Å². The van der Waals surface area contributed by atoms with E-state index in [-0.39, 0.29) is 18.1 Å². The van der Waals surface area contributed by atoms with Crippen LogP contribution >= 0.6 is 0 Å². The largest absolute Gasteiger partial charge is 0.334 e. The zero-order chi connectivity index (χ0) is 16.8. The van der Waals surface area contributed by atoms with Crippen molar-refractivity contribution in [1.29, 1.82) is 0 Å². The highest BCUT2D eigenvalue weighted by atomic mass is 19.1. The number of urea groups is 1. The van der Waals surface area contributed by atoms with Crippen molar-refractivity contribution >= 4 is 23.3 Å². The number of rotatable bonds is 4. The zero-order valence-corrected chi connectivity index (χ0v) is 12.3. The molecule has 2 aromatic rings. The van der Waals surface area contributed by atoms with E-state index in [9.17, 15) is 18.4 Å². The summed E-state index contributed by atoms with van der Waals surface area (Å²) in [6.45, 7) is 1.42. The van der Waals surface area contributed by atoms with E-state index >= 15 is 0 Å². The van der Waals surface area contributed by atoms with Gasteiger partial charge in [0, 0.05) is 19.2 Å². The highest BCUT2D eigenvalue weighted by Gasteiger charge is 2.08. The minimum Gasteiger partial charge on any atom is -0.334 e. The van der Waals surface area contributed by atoms with E-state index in [0.717, 1.165) is 6.07 Å². The molecule has 0 aromatic heterocycles. The van der Waals surface area contributed by atoms with Gasteiger partial charge in [-0.3, -0.25) is 4.79 Å². The summed E-state index contributed by atoms with van der Waals surface area (Å²) in [6.07, 6.45) is 0. The Hall–Kier alpha value is -2.96. The fourth-order valence-corrected chi connectivity index (χ4v) is 1.90. The predicted octanol–water partition coefficient (Wildman–Crippen LogP) is 3.24. The van der Waals surface area contributed by atoms with Crippen molar-refractivity contribution in [2.75, 3.05) is 10.6 Å². The standard InChI is InChI=1S/C16H15F2N3O2/c1-10(22)20-13-5-6-14(18)15(8-13)21-16(23)19-9-11-3-2-4-12(17)7-11/h2-8H,9H2,1H3,(H,20,22)(H2,19,21,23). The van der Waals surface area contributed by atoms with Crippen LogP contribution in [-0.4, -0.2) is 11.9 Å². The van der Waals surface area contributed by atoms with Gasteiger partial charge in [-0.1, -0.05) is 12.1 Å². The van der Waals surface area contributed by atoms with Gasteiger partial charge in [-0.05, 0) is 35.9 Å². The first-order chi connectivity index (χ1) is 10.9. The number of amides is 3. The van der Waals surface area contributed by atoms with E-state index in [1.54, 1.807) is 6.07 Å². The van der Waals surface area contributed by atoms with E-state index in [2.05, 4.69) is 16.0 Å². The van der Waals surface area contributed by atoms with Gasteiger partial charge in [0.2, 0.25) is 5.91 Å². The molecule has 0 aliphatic rings. The third kappa shape index (κ3) is 5.06. The van der Waals surface area contributed by atoms with Crippen molar-refractivity contribution in [3.8, 4) is 0 Å². The first kappa shape index (κ1) is 16.4. The molecule has 23 heavy (non-hydrogen) atoms. The first-order valence-corrected chi connectivity index (χ1v) is 6.80. The van der Waals surface area contributed by atoms with Gasteiger partial charge >= 0.3 is 6.03 Å². The summed E-state index contributed by atoms with van der Waals surface area (Å²) in [5.41, 5.74) is 0.861. The minimum atomic E-state index is -0.645. The Morgan fingerprint density at radius 1 is 1.04 bits per heavy atom. The number of anilines is 2. The van der Waals surface area contributed by atoms with Crippen LogP contribution in [0, 0.1) is 11.6 Å². The van der Waals surface area contributed by atoms with Crippen LogP contribution in [0.1, 0.15) is 12.5 Å². The highest BCUT2D eigenvalue weighted by molar-refractivity contribution is 5.92. The van der Waals surface area contributed by atoms with E-state index in [1.165, 1.54) is 37.3 Å². The lowest BCUT2D eigenvalue weighted by atomic mass is 10.2. The smallest absolute Gasteiger partial charge is 0.319 e. The van der Waals surface area contributed by atoms with Crippen molar-refractivity contribution in [1.82, 2.24) is 5.32 Å². The van der Waals surface area contributed by atoms with Gasteiger partial charge in [-0.25, -0.2) is 13.6 Å². The maximum atomic E-state index is 13.7. The van der Waals surface area contributed by atoms with Gasteiger partial charge in [0.05, 0.1) is 5.69 Å². The molecule has 0 radical (unpaired) electrons. The molecule has 0 heterocycles. The quantitative estimate of drug-likeness (QED) is 0.809. The Bertz CT molecular complexity index is 735. The molecule has 0 atom stereocenters. The number of nitrogens with one attached hydrogen (secondary N) is 3. The molecule has 3 N–H and O–H groups in total. The molecule has 0 saturated heterocycles. The molecule has 0 saturated carbocycles. The molecule has 7 heteroatoms. The third-order valence-electron chi connectivity index (χ3n) is 2.88. The second-order valence-electron chi connectivity index (χ2n) is 4.81. The lowest BCUT2D eigenvalue weighted by Gasteiger charge is -2.10. The van der Waals surface area contributed by atoms with Crippen molar-refractivity contribution < 1.29 is 18.4 Å². The summed E-state index contributed by atoms with van der Waals surface area (Å²) >= 11 is 0. The van der Waals surface area contributed by atoms with Gasteiger partial charge < -0.3 is 16.0 Å². The van der Waals surface area contributed by atoms with Gasteiger partial charge in [0.1, 0.15) is 11.6 Å². The lowest BCUT2D eigenvalue weighted by Crippen LogP contribution is -2.28. The highest BCUT2D eigenvalue weighted by Crippen LogP contribution is 2.19. The van der Waals surface area contributed by atoms with Crippen LogP contribution in [-0.2, 0) is 11.3 Å². The van der Waals surface area contributed by atoms with Crippen molar-refractivity contribution in [2.45, 2.75) is 13.5 Å². The summed E-state index contributed by atoms with van der Waals surface area (Å²) < 4.78 is 26.7. The molecule has 2 rings (SSSR count). The van der Waals surface area contributed by atoms with Crippen LogP contribution in [0.15, 0.2) is 42.5 Å².